The van der Waals surface area contributed by atoms with Crippen LogP contribution in [-0.2, 0) is 21.4 Å². The van der Waals surface area contributed by atoms with E-state index in [1.54, 1.807) is 13.8 Å². The number of hydrogen-bond acceptors (Lipinski definition) is 5. The Hall–Kier alpha value is -1.64. The van der Waals surface area contributed by atoms with Gasteiger partial charge in [0.05, 0.1) is 5.75 Å². The van der Waals surface area contributed by atoms with Crippen molar-refractivity contribution in [2.45, 2.75) is 39.0 Å². The minimum Gasteiger partial charge on any atom is -0.445 e. The number of carbonyl (C=O) groups excluding carboxylic acids is 1. The number of aliphatic hydroxyl groups excluding tert-OH is 1. The van der Waals surface area contributed by atoms with Crippen molar-refractivity contribution in [1.29, 1.82) is 0 Å². The van der Waals surface area contributed by atoms with Crippen LogP contribution in [0.4, 0.5) is 4.79 Å². The number of ether oxygens (including phenoxy) is 1. The Labute approximate surface area is 137 Å². The minimum absolute atomic E-state index is 0.0939. The molecule has 3 N–H and O–H groups in total. The van der Waals surface area contributed by atoms with Gasteiger partial charge >= 0.3 is 6.09 Å². The Bertz CT molecular complexity index is 577. The van der Waals surface area contributed by atoms with Crippen LogP contribution < -0.4 is 10.0 Å². The molecule has 0 aromatic heterocycles. The third-order valence-corrected chi connectivity index (χ3v) is 4.69. The first-order chi connectivity index (χ1) is 10.8. The highest BCUT2D eigenvalue weighted by Crippen LogP contribution is 2.01. The van der Waals surface area contributed by atoms with Gasteiger partial charge in [0.1, 0.15) is 6.61 Å². The van der Waals surface area contributed by atoms with E-state index in [0.29, 0.717) is 6.42 Å². The van der Waals surface area contributed by atoms with Crippen LogP contribution in [0.3, 0.4) is 0 Å². The molecule has 0 heterocycles. The van der Waals surface area contributed by atoms with Crippen LogP contribution in [0.1, 0.15) is 25.8 Å². The fraction of sp³-hybridized carbons (Fsp3) is 0.533. The molecule has 0 fully saturated rings. The highest BCUT2D eigenvalue weighted by Gasteiger charge is 2.19. The summed E-state index contributed by atoms with van der Waals surface area (Å²) in [5, 5.41) is 11.3. The van der Waals surface area contributed by atoms with Gasteiger partial charge in [-0.3, -0.25) is 0 Å². The molecule has 1 aromatic carbocycles. The van der Waals surface area contributed by atoms with Gasteiger partial charge in [0, 0.05) is 18.7 Å². The number of hydrogen-bond donors (Lipinski definition) is 3. The number of aliphatic hydroxyl groups is 1. The number of benzene rings is 1. The van der Waals surface area contributed by atoms with E-state index in [9.17, 15) is 13.2 Å². The Morgan fingerprint density at radius 3 is 2.48 bits per heavy atom. The standard InChI is InChI=1S/C15H24N2O5S/c1-12(8-9-18)17-23(20,21)11-13(2)16-15(19)22-10-14-6-4-3-5-7-14/h3-7,12-13,17-18H,8-11H2,1-2H3,(H,16,19)/t12?,13-/m0/s1. The Balaban J connectivity index is 2.37. The largest absolute Gasteiger partial charge is 0.445 e. The van der Waals surface area contributed by atoms with E-state index in [1.807, 2.05) is 30.3 Å². The van der Waals surface area contributed by atoms with Gasteiger partial charge in [-0.2, -0.15) is 0 Å². The van der Waals surface area contributed by atoms with E-state index in [1.165, 1.54) is 0 Å². The van der Waals surface area contributed by atoms with Crippen molar-refractivity contribution in [2.75, 3.05) is 12.4 Å². The summed E-state index contributed by atoms with van der Waals surface area (Å²) in [5.41, 5.74) is 0.849. The number of carbonyl (C=O) groups is 1. The van der Waals surface area contributed by atoms with Gasteiger partial charge in [-0.15, -0.1) is 0 Å². The van der Waals surface area contributed by atoms with Crippen molar-refractivity contribution in [1.82, 2.24) is 10.0 Å². The summed E-state index contributed by atoms with van der Waals surface area (Å²) in [6.45, 7) is 3.28. The van der Waals surface area contributed by atoms with E-state index in [4.69, 9.17) is 9.84 Å². The number of sulfonamides is 1. The first-order valence-corrected chi connectivity index (χ1v) is 9.05. The van der Waals surface area contributed by atoms with Crippen LogP contribution in [0.15, 0.2) is 30.3 Å². The molecular formula is C15H24N2O5S. The Morgan fingerprint density at radius 1 is 1.22 bits per heavy atom. The summed E-state index contributed by atoms with van der Waals surface area (Å²) in [6.07, 6.45) is -0.333. The van der Waals surface area contributed by atoms with Gasteiger partial charge in [-0.05, 0) is 25.8 Å². The van der Waals surface area contributed by atoms with Crippen LogP contribution >= 0.6 is 0 Å². The number of rotatable bonds is 9. The summed E-state index contributed by atoms with van der Waals surface area (Å²) in [6, 6.07) is 8.23. The van der Waals surface area contributed by atoms with Crippen molar-refractivity contribution in [3.05, 3.63) is 35.9 Å². The highest BCUT2D eigenvalue weighted by atomic mass is 32.2. The van der Waals surface area contributed by atoms with Gasteiger partial charge in [0.2, 0.25) is 10.0 Å². The fourth-order valence-corrected chi connectivity index (χ4v) is 3.51. The van der Waals surface area contributed by atoms with E-state index in [0.717, 1.165) is 5.56 Å². The molecule has 1 rings (SSSR count). The van der Waals surface area contributed by atoms with Crippen molar-refractivity contribution in [3.8, 4) is 0 Å². The average molecular weight is 344 g/mol. The van der Waals surface area contributed by atoms with Crippen LogP contribution in [0, 0.1) is 0 Å². The zero-order valence-corrected chi connectivity index (χ0v) is 14.2. The third kappa shape index (κ3) is 8.53. The molecule has 1 unspecified atom stereocenters. The number of alkyl carbamates (subject to hydrolysis) is 1. The van der Waals surface area contributed by atoms with Crippen LogP contribution in [-0.4, -0.2) is 44.1 Å². The van der Waals surface area contributed by atoms with E-state index >= 15 is 0 Å². The normalized spacial score (nSPS) is 14.0. The molecule has 0 saturated carbocycles. The summed E-state index contributed by atoms with van der Waals surface area (Å²) in [4.78, 5) is 11.7. The lowest BCUT2D eigenvalue weighted by atomic mass is 10.2. The smallest absolute Gasteiger partial charge is 0.407 e. The molecule has 2 atom stereocenters. The summed E-state index contributed by atoms with van der Waals surface area (Å²) in [7, 11) is -3.55. The second-order valence-electron chi connectivity index (χ2n) is 5.42. The first-order valence-electron chi connectivity index (χ1n) is 7.40. The number of nitrogens with one attached hydrogen (secondary N) is 2. The van der Waals surface area contributed by atoms with Gasteiger partial charge in [-0.1, -0.05) is 30.3 Å². The zero-order valence-electron chi connectivity index (χ0n) is 13.4. The Morgan fingerprint density at radius 2 is 1.87 bits per heavy atom. The molecule has 130 valence electrons. The molecule has 8 heteroatoms. The monoisotopic (exact) mass is 344 g/mol. The second kappa shape index (κ2) is 9.49. The number of amides is 1. The molecule has 0 aliphatic heterocycles. The quantitative estimate of drug-likeness (QED) is 0.620. The van der Waals surface area contributed by atoms with E-state index in [2.05, 4.69) is 10.0 Å². The maximum absolute atomic E-state index is 11.9. The molecule has 0 spiro atoms. The minimum atomic E-state index is -3.55. The van der Waals surface area contributed by atoms with Gasteiger partial charge in [0.15, 0.2) is 0 Å². The topological polar surface area (TPSA) is 105 Å². The highest BCUT2D eigenvalue weighted by molar-refractivity contribution is 7.89. The fourth-order valence-electron chi connectivity index (χ4n) is 1.94. The zero-order chi connectivity index (χ0) is 17.3. The molecular weight excluding hydrogens is 320 g/mol. The molecule has 0 aliphatic carbocycles. The van der Waals surface area contributed by atoms with Crippen LogP contribution in [0.25, 0.3) is 0 Å². The SMILES string of the molecule is CC(CCO)NS(=O)(=O)C[C@H](C)NC(=O)OCc1ccccc1. The second-order valence-corrected chi connectivity index (χ2v) is 7.22. The summed E-state index contributed by atoms with van der Waals surface area (Å²) in [5.74, 6) is -0.261. The van der Waals surface area contributed by atoms with E-state index < -0.39 is 22.2 Å². The van der Waals surface area contributed by atoms with Crippen LogP contribution in [0.5, 0.6) is 0 Å². The molecule has 0 bridgehead atoms. The lowest BCUT2D eigenvalue weighted by molar-refractivity contribution is 0.137. The third-order valence-electron chi connectivity index (χ3n) is 2.99. The maximum Gasteiger partial charge on any atom is 0.407 e. The van der Waals surface area contributed by atoms with Crippen molar-refractivity contribution >= 4 is 16.1 Å². The van der Waals surface area contributed by atoms with Crippen molar-refractivity contribution < 1.29 is 23.1 Å². The van der Waals surface area contributed by atoms with Gasteiger partial charge < -0.3 is 15.2 Å². The van der Waals surface area contributed by atoms with Crippen LogP contribution in [0.2, 0.25) is 0 Å². The lowest BCUT2D eigenvalue weighted by Crippen LogP contribution is -2.43. The molecule has 7 nitrogen and oxygen atoms in total. The maximum atomic E-state index is 11.9. The lowest BCUT2D eigenvalue weighted by Gasteiger charge is -2.17. The molecule has 1 aromatic rings. The van der Waals surface area contributed by atoms with Crippen molar-refractivity contribution in [2.24, 2.45) is 0 Å². The Kier molecular flexibility index (Phi) is 8.01. The molecule has 23 heavy (non-hydrogen) atoms. The first kappa shape index (κ1) is 19.4. The molecule has 0 radical (unpaired) electrons. The van der Waals surface area contributed by atoms with Gasteiger partial charge in [-0.25, -0.2) is 17.9 Å². The molecule has 0 saturated heterocycles. The predicted molar refractivity (Wildman–Crippen MR) is 87.3 cm³/mol. The summed E-state index contributed by atoms with van der Waals surface area (Å²) >= 11 is 0. The van der Waals surface area contributed by atoms with Gasteiger partial charge in [0.25, 0.3) is 0 Å². The summed E-state index contributed by atoms with van der Waals surface area (Å²) < 4.78 is 31.3. The van der Waals surface area contributed by atoms with E-state index in [-0.39, 0.29) is 25.0 Å². The average Bonchev–Trinajstić information content (AvgIpc) is 2.45. The predicted octanol–water partition coefficient (Wildman–Crippen LogP) is 0.992. The molecule has 0 aliphatic rings. The van der Waals surface area contributed by atoms with Crippen molar-refractivity contribution in [3.63, 3.8) is 0 Å². The molecule has 1 amide bonds.